The van der Waals surface area contributed by atoms with E-state index in [1.807, 2.05) is 0 Å². The number of nitrogens with zero attached hydrogens (tertiary/aromatic N) is 2. The third-order valence-electron chi connectivity index (χ3n) is 1.16. The Labute approximate surface area is 73.1 Å². The first-order valence-electron chi connectivity index (χ1n) is 2.28. The number of thioether (sulfide) groups is 1. The van der Waals surface area contributed by atoms with E-state index in [9.17, 15) is 8.42 Å². The van der Waals surface area contributed by atoms with E-state index in [0.29, 0.717) is 4.32 Å². The largest absolute Gasteiger partial charge is 0.340 e. The number of thiocarbonyl (C=S) groups is 1. The van der Waals surface area contributed by atoms with Gasteiger partial charge >= 0.3 is 10.2 Å². The van der Waals surface area contributed by atoms with Gasteiger partial charge in [-0.2, -0.15) is 12.8 Å². The summed E-state index contributed by atoms with van der Waals surface area (Å²) in [7, 11) is -3.17. The van der Waals surface area contributed by atoms with Crippen molar-refractivity contribution < 1.29 is 8.42 Å². The molecule has 0 spiro atoms. The van der Waals surface area contributed by atoms with Crippen LogP contribution in [0.15, 0.2) is 0 Å². The molecule has 2 unspecified atom stereocenters. The first kappa shape index (κ1) is 7.17. The maximum atomic E-state index is 10.8. The van der Waals surface area contributed by atoms with Crippen LogP contribution in [0.25, 0.3) is 0 Å². The molecule has 2 aliphatic heterocycles. The summed E-state index contributed by atoms with van der Waals surface area (Å²) in [5, 5.41) is 0. The molecule has 2 heterocycles. The zero-order valence-electron chi connectivity index (χ0n) is 4.46. The van der Waals surface area contributed by atoms with Crippen LogP contribution in [-0.4, -0.2) is 26.3 Å². The van der Waals surface area contributed by atoms with Gasteiger partial charge < -0.3 is 0 Å². The van der Waals surface area contributed by atoms with Crippen LogP contribution in [0.4, 0.5) is 0 Å². The summed E-state index contributed by atoms with van der Waals surface area (Å²) in [4.78, 5) is 0. The minimum Gasteiger partial charge on any atom is -0.185 e. The van der Waals surface area contributed by atoms with Crippen molar-refractivity contribution >= 4 is 51.1 Å². The molecule has 4 nitrogen and oxygen atoms in total. The number of fused-ring (bicyclic) bond motifs is 1. The zero-order chi connectivity index (χ0) is 7.52. The second-order valence-electron chi connectivity index (χ2n) is 1.73. The SMILES string of the molecule is O=S1(=O)N2C(=S)SC(S)N21. The van der Waals surface area contributed by atoms with E-state index in [2.05, 4.69) is 12.6 Å². The Balaban J connectivity index is 2.43. The average molecular weight is 214 g/mol. The van der Waals surface area contributed by atoms with Crippen LogP contribution in [0.3, 0.4) is 0 Å². The van der Waals surface area contributed by atoms with E-state index in [4.69, 9.17) is 12.2 Å². The highest BCUT2D eigenvalue weighted by atomic mass is 32.2. The van der Waals surface area contributed by atoms with Gasteiger partial charge in [-0.05, 0) is 12.2 Å². The topological polar surface area (TPSA) is 40.2 Å². The number of hydrogen-bond acceptors (Lipinski definition) is 5. The molecule has 0 N–H and O–H groups in total. The Kier molecular flexibility index (Phi) is 1.29. The summed E-state index contributed by atoms with van der Waals surface area (Å²) in [6.45, 7) is 0. The Bertz CT molecular complexity index is 296. The van der Waals surface area contributed by atoms with E-state index in [-0.39, 0.29) is 4.71 Å². The summed E-state index contributed by atoms with van der Waals surface area (Å²) in [6.07, 6.45) is 0. The first-order valence-corrected chi connectivity index (χ1v) is 5.48. The van der Waals surface area contributed by atoms with E-state index in [0.717, 1.165) is 8.83 Å². The maximum Gasteiger partial charge on any atom is 0.340 e. The van der Waals surface area contributed by atoms with Gasteiger partial charge in [-0.3, -0.25) is 0 Å². The molecule has 2 fully saturated rings. The molecule has 0 saturated carbocycles. The second-order valence-corrected chi connectivity index (χ2v) is 5.90. The van der Waals surface area contributed by atoms with Gasteiger partial charge in [-0.1, -0.05) is 16.2 Å². The van der Waals surface area contributed by atoms with Crippen molar-refractivity contribution in [1.82, 2.24) is 8.83 Å². The lowest BCUT2D eigenvalue weighted by atomic mass is 11.4. The van der Waals surface area contributed by atoms with Crippen molar-refractivity contribution in [1.29, 1.82) is 0 Å². The highest BCUT2D eigenvalue weighted by molar-refractivity contribution is 8.30. The number of thiol groups is 1. The lowest BCUT2D eigenvalue weighted by Crippen LogP contribution is -2.04. The molecule has 2 saturated heterocycles. The van der Waals surface area contributed by atoms with Crippen molar-refractivity contribution in [2.45, 2.75) is 4.71 Å². The van der Waals surface area contributed by atoms with E-state index < -0.39 is 10.2 Å². The number of hydrogen-bond donors (Lipinski definition) is 1. The summed E-state index contributed by atoms with van der Waals surface area (Å²) < 4.78 is 23.8. The van der Waals surface area contributed by atoms with Gasteiger partial charge in [0, 0.05) is 0 Å². The Hall–Kier alpha value is 0.500. The predicted octanol–water partition coefficient (Wildman–Crippen LogP) is 0.00890. The van der Waals surface area contributed by atoms with Gasteiger partial charge in [0.25, 0.3) is 0 Å². The van der Waals surface area contributed by atoms with Crippen LogP contribution in [0.5, 0.6) is 0 Å². The minimum absolute atomic E-state index is 0.350. The molecule has 56 valence electrons. The van der Waals surface area contributed by atoms with Gasteiger partial charge in [-0.15, -0.1) is 12.6 Å². The number of hydrazine groups is 1. The van der Waals surface area contributed by atoms with Crippen LogP contribution in [0, 0.1) is 0 Å². The average Bonchev–Trinajstić information content (AvgIpc) is 2.17. The van der Waals surface area contributed by atoms with Gasteiger partial charge in [0.1, 0.15) is 4.71 Å². The summed E-state index contributed by atoms with van der Waals surface area (Å²) in [6, 6.07) is 0. The molecule has 2 aliphatic rings. The van der Waals surface area contributed by atoms with Gasteiger partial charge in [0.15, 0.2) is 4.32 Å². The van der Waals surface area contributed by atoms with Gasteiger partial charge in [0.2, 0.25) is 0 Å². The van der Waals surface area contributed by atoms with Crippen molar-refractivity contribution in [3.8, 4) is 0 Å². The zero-order valence-corrected chi connectivity index (χ0v) is 7.80. The van der Waals surface area contributed by atoms with E-state index in [1.165, 1.54) is 11.8 Å². The number of rotatable bonds is 0. The lowest BCUT2D eigenvalue weighted by molar-refractivity contribution is 0.473. The fourth-order valence-electron chi connectivity index (χ4n) is 0.721. The lowest BCUT2D eigenvalue weighted by Gasteiger charge is -1.94. The van der Waals surface area contributed by atoms with Crippen molar-refractivity contribution in [3.05, 3.63) is 0 Å². The highest BCUT2D eigenvalue weighted by Crippen LogP contribution is 2.47. The summed E-state index contributed by atoms with van der Waals surface area (Å²) >= 11 is 9.96. The Morgan fingerprint density at radius 1 is 1.70 bits per heavy atom. The van der Waals surface area contributed by atoms with Crippen LogP contribution in [0.1, 0.15) is 0 Å². The molecule has 0 aromatic carbocycles. The fourth-order valence-corrected chi connectivity index (χ4v) is 5.06. The molecular weight excluding hydrogens is 212 g/mol. The standard InChI is InChI=1S/C2H2N2O2S4/c5-10(6)3-1(7)9-2(8)4(3)10/h1,7H. The predicted molar refractivity (Wildman–Crippen MR) is 45.6 cm³/mol. The molecule has 0 aromatic rings. The second kappa shape index (κ2) is 1.81. The third kappa shape index (κ3) is 0.681. The molecule has 2 atom stereocenters. The normalized spacial score (nSPS) is 41.7. The van der Waals surface area contributed by atoms with Crippen molar-refractivity contribution in [2.24, 2.45) is 0 Å². The molecule has 2 rings (SSSR count). The van der Waals surface area contributed by atoms with E-state index in [1.54, 1.807) is 0 Å². The quantitative estimate of drug-likeness (QED) is 0.350. The van der Waals surface area contributed by atoms with Crippen molar-refractivity contribution in [2.75, 3.05) is 0 Å². The Morgan fingerprint density at radius 3 is 2.50 bits per heavy atom. The fraction of sp³-hybridized carbons (Fsp3) is 0.500. The summed E-state index contributed by atoms with van der Waals surface area (Å²) in [5.41, 5.74) is 0. The monoisotopic (exact) mass is 214 g/mol. The molecule has 10 heavy (non-hydrogen) atoms. The van der Waals surface area contributed by atoms with Crippen LogP contribution in [0.2, 0.25) is 0 Å². The molecule has 0 aromatic heterocycles. The highest BCUT2D eigenvalue weighted by Gasteiger charge is 2.63. The van der Waals surface area contributed by atoms with Crippen molar-refractivity contribution in [3.63, 3.8) is 0 Å². The van der Waals surface area contributed by atoms with Gasteiger partial charge in [-0.25, -0.2) is 0 Å². The third-order valence-corrected chi connectivity index (χ3v) is 4.96. The molecule has 8 heteroatoms. The maximum absolute atomic E-state index is 10.8. The smallest absolute Gasteiger partial charge is 0.185 e. The molecule has 0 amide bonds. The Morgan fingerprint density at radius 2 is 2.30 bits per heavy atom. The minimum atomic E-state index is -3.17. The van der Waals surface area contributed by atoms with Crippen LogP contribution >= 0.6 is 36.6 Å². The molecule has 0 aliphatic carbocycles. The van der Waals surface area contributed by atoms with E-state index >= 15 is 0 Å². The first-order chi connectivity index (χ1) is 4.55. The molecular formula is C2H2N2O2S4. The van der Waals surface area contributed by atoms with Crippen LogP contribution < -0.4 is 0 Å². The van der Waals surface area contributed by atoms with Gasteiger partial charge in [0.05, 0.1) is 0 Å². The molecule has 0 radical (unpaired) electrons. The molecule has 0 bridgehead atoms. The van der Waals surface area contributed by atoms with Crippen LogP contribution in [-0.2, 0) is 10.2 Å². The summed E-state index contributed by atoms with van der Waals surface area (Å²) in [5.74, 6) is 0.